The minimum absolute atomic E-state index is 0.0340. The number of aliphatic hydroxyl groups is 1. The van der Waals surface area contributed by atoms with Crippen LogP contribution < -0.4 is 5.56 Å². The van der Waals surface area contributed by atoms with Crippen LogP contribution in [0.3, 0.4) is 0 Å². The second-order valence-electron chi connectivity index (χ2n) is 5.73. The van der Waals surface area contributed by atoms with E-state index in [1.807, 2.05) is 5.38 Å². The Bertz CT molecular complexity index is 734. The largest absolute Gasteiger partial charge is 0.388 e. The lowest BCUT2D eigenvalue weighted by atomic mass is 9.95. The second-order valence-corrected chi connectivity index (χ2v) is 6.63. The number of nitrogens with zero attached hydrogens (tertiary/aromatic N) is 3. The third kappa shape index (κ3) is 2.84. The number of amides is 1. The van der Waals surface area contributed by atoms with Crippen molar-refractivity contribution >= 4 is 27.5 Å². The maximum Gasteiger partial charge on any atom is 0.262 e. The Labute approximate surface area is 125 Å². The quantitative estimate of drug-likeness (QED) is 0.892. The number of β-amino-alcohol motifs (C(OH)–C–C–N with tert-alkyl or cyclic N) is 1. The Morgan fingerprint density at radius 2 is 2.38 bits per heavy atom. The van der Waals surface area contributed by atoms with E-state index in [9.17, 15) is 14.7 Å². The molecule has 1 aliphatic rings. The van der Waals surface area contributed by atoms with Gasteiger partial charge in [-0.15, -0.1) is 11.3 Å². The van der Waals surface area contributed by atoms with Crippen LogP contribution in [0.5, 0.6) is 0 Å². The van der Waals surface area contributed by atoms with Crippen LogP contribution in [0.4, 0.5) is 0 Å². The minimum atomic E-state index is -0.839. The molecule has 1 saturated heterocycles. The summed E-state index contributed by atoms with van der Waals surface area (Å²) >= 11 is 1.40. The van der Waals surface area contributed by atoms with Gasteiger partial charge in [-0.1, -0.05) is 0 Å². The molecule has 2 aromatic rings. The molecule has 0 radical (unpaired) electrons. The summed E-state index contributed by atoms with van der Waals surface area (Å²) in [5.41, 5.74) is -1.03. The van der Waals surface area contributed by atoms with Crippen molar-refractivity contribution in [2.75, 3.05) is 13.1 Å². The Morgan fingerprint density at radius 3 is 3.14 bits per heavy atom. The monoisotopic (exact) mass is 307 g/mol. The van der Waals surface area contributed by atoms with Gasteiger partial charge in [0.1, 0.15) is 11.4 Å². The van der Waals surface area contributed by atoms with Crippen molar-refractivity contribution < 1.29 is 9.90 Å². The van der Waals surface area contributed by atoms with Gasteiger partial charge in [-0.05, 0) is 31.2 Å². The molecular formula is C14H17N3O3S. The molecule has 0 bridgehead atoms. The summed E-state index contributed by atoms with van der Waals surface area (Å²) in [5, 5.41) is 12.4. The average Bonchev–Trinajstić information content (AvgIpc) is 2.90. The third-order valence-electron chi connectivity index (χ3n) is 3.78. The van der Waals surface area contributed by atoms with Gasteiger partial charge in [-0.25, -0.2) is 4.98 Å². The highest BCUT2D eigenvalue weighted by atomic mass is 32.1. The van der Waals surface area contributed by atoms with E-state index in [1.54, 1.807) is 17.9 Å². The first kappa shape index (κ1) is 14.2. The topological polar surface area (TPSA) is 75.4 Å². The molecule has 21 heavy (non-hydrogen) atoms. The molecule has 0 saturated carbocycles. The summed E-state index contributed by atoms with van der Waals surface area (Å²) < 4.78 is 1.33. The number of hydrogen-bond donors (Lipinski definition) is 1. The maximum atomic E-state index is 12.3. The number of rotatable bonds is 2. The Balaban J connectivity index is 1.80. The van der Waals surface area contributed by atoms with E-state index < -0.39 is 5.60 Å². The van der Waals surface area contributed by atoms with E-state index in [1.165, 1.54) is 22.2 Å². The van der Waals surface area contributed by atoms with E-state index in [0.717, 1.165) is 6.42 Å². The van der Waals surface area contributed by atoms with Gasteiger partial charge >= 0.3 is 0 Å². The van der Waals surface area contributed by atoms with Crippen LogP contribution in [-0.2, 0) is 11.3 Å². The van der Waals surface area contributed by atoms with Gasteiger partial charge in [-0.2, -0.15) is 0 Å². The molecule has 0 aliphatic carbocycles. The highest BCUT2D eigenvalue weighted by Crippen LogP contribution is 2.20. The second kappa shape index (κ2) is 5.23. The maximum absolute atomic E-state index is 12.3. The van der Waals surface area contributed by atoms with Crippen LogP contribution >= 0.6 is 11.3 Å². The first-order chi connectivity index (χ1) is 9.96. The molecule has 1 atom stereocenters. The molecule has 1 unspecified atom stereocenters. The van der Waals surface area contributed by atoms with Crippen molar-refractivity contribution in [2.45, 2.75) is 31.9 Å². The Morgan fingerprint density at radius 1 is 1.57 bits per heavy atom. The molecule has 1 N–H and O–H groups in total. The summed E-state index contributed by atoms with van der Waals surface area (Å²) in [6.07, 6.45) is 2.88. The number of carbonyl (C=O) groups excluding carboxylic acids is 1. The van der Waals surface area contributed by atoms with E-state index in [4.69, 9.17) is 0 Å². The number of piperidine rings is 1. The van der Waals surface area contributed by atoms with Crippen molar-refractivity contribution in [1.29, 1.82) is 0 Å². The van der Waals surface area contributed by atoms with Gasteiger partial charge in [0, 0.05) is 13.1 Å². The molecule has 0 aromatic carbocycles. The number of likely N-dealkylation sites (tertiary alicyclic amines) is 1. The van der Waals surface area contributed by atoms with Crippen LogP contribution in [0.15, 0.2) is 22.6 Å². The van der Waals surface area contributed by atoms with Gasteiger partial charge in [0.05, 0.1) is 17.3 Å². The van der Waals surface area contributed by atoms with Crippen LogP contribution in [0.2, 0.25) is 0 Å². The Kier molecular flexibility index (Phi) is 3.54. The highest BCUT2D eigenvalue weighted by molar-refractivity contribution is 7.16. The van der Waals surface area contributed by atoms with E-state index >= 15 is 0 Å². The first-order valence-electron chi connectivity index (χ1n) is 6.89. The summed E-state index contributed by atoms with van der Waals surface area (Å²) in [4.78, 5) is 31.1. The van der Waals surface area contributed by atoms with Crippen molar-refractivity contribution in [3.8, 4) is 0 Å². The number of thiophene rings is 1. The zero-order valence-electron chi connectivity index (χ0n) is 11.8. The molecule has 112 valence electrons. The smallest absolute Gasteiger partial charge is 0.262 e. The standard InChI is InChI=1S/C14H17N3O3S/c1-14(20)4-2-5-16(8-14)11(18)7-17-9-15-12-10(13(17)19)3-6-21-12/h3,6,9,20H,2,4-5,7-8H2,1H3. The lowest BCUT2D eigenvalue weighted by molar-refractivity contribution is -0.138. The fourth-order valence-corrected chi connectivity index (χ4v) is 3.41. The summed E-state index contributed by atoms with van der Waals surface area (Å²) in [6, 6.07) is 1.72. The van der Waals surface area contributed by atoms with Gasteiger partial charge in [-0.3, -0.25) is 14.2 Å². The molecule has 2 aromatic heterocycles. The number of carbonyl (C=O) groups is 1. The van der Waals surface area contributed by atoms with Crippen molar-refractivity contribution in [1.82, 2.24) is 14.5 Å². The van der Waals surface area contributed by atoms with Crippen LogP contribution in [0.1, 0.15) is 19.8 Å². The molecular weight excluding hydrogens is 290 g/mol. The average molecular weight is 307 g/mol. The number of aromatic nitrogens is 2. The molecule has 1 fully saturated rings. The molecule has 0 spiro atoms. The zero-order valence-corrected chi connectivity index (χ0v) is 12.6. The molecule has 3 heterocycles. The molecule has 7 heteroatoms. The lowest BCUT2D eigenvalue weighted by Crippen LogP contribution is -2.49. The van der Waals surface area contributed by atoms with Crippen molar-refractivity contribution in [3.63, 3.8) is 0 Å². The third-order valence-corrected chi connectivity index (χ3v) is 4.60. The molecule has 1 amide bonds. The number of fused-ring (bicyclic) bond motifs is 1. The summed E-state index contributed by atoms with van der Waals surface area (Å²) in [5.74, 6) is -0.159. The summed E-state index contributed by atoms with van der Waals surface area (Å²) in [6.45, 7) is 2.64. The van der Waals surface area contributed by atoms with Crippen LogP contribution in [0, 0.1) is 0 Å². The zero-order chi connectivity index (χ0) is 15.0. The van der Waals surface area contributed by atoms with Crippen LogP contribution in [-0.4, -0.2) is 44.2 Å². The minimum Gasteiger partial charge on any atom is -0.388 e. The fraction of sp³-hybridized carbons (Fsp3) is 0.500. The van der Waals surface area contributed by atoms with E-state index in [-0.39, 0.29) is 18.0 Å². The Hall–Kier alpha value is -1.73. The first-order valence-corrected chi connectivity index (χ1v) is 7.77. The molecule has 3 rings (SSSR count). The van der Waals surface area contributed by atoms with Gasteiger partial charge in [0.2, 0.25) is 5.91 Å². The molecule has 1 aliphatic heterocycles. The SMILES string of the molecule is CC1(O)CCCN(C(=O)Cn2cnc3sccc3c2=O)C1. The predicted octanol–water partition coefficient (Wildman–Crippen LogP) is 0.831. The predicted molar refractivity (Wildman–Crippen MR) is 80.3 cm³/mol. The lowest BCUT2D eigenvalue weighted by Gasteiger charge is -2.36. The summed E-state index contributed by atoms with van der Waals surface area (Å²) in [7, 11) is 0. The van der Waals surface area contributed by atoms with Crippen LogP contribution in [0.25, 0.3) is 10.2 Å². The van der Waals surface area contributed by atoms with Crippen molar-refractivity contribution in [2.24, 2.45) is 0 Å². The normalized spacial score (nSPS) is 22.7. The van der Waals surface area contributed by atoms with Gasteiger partial charge < -0.3 is 10.0 Å². The molecule has 6 nitrogen and oxygen atoms in total. The van der Waals surface area contributed by atoms with Gasteiger partial charge in [0.25, 0.3) is 5.56 Å². The van der Waals surface area contributed by atoms with E-state index in [0.29, 0.717) is 29.7 Å². The van der Waals surface area contributed by atoms with Crippen molar-refractivity contribution in [3.05, 3.63) is 28.1 Å². The fourth-order valence-electron chi connectivity index (χ4n) is 2.68. The van der Waals surface area contributed by atoms with E-state index in [2.05, 4.69) is 4.98 Å². The highest BCUT2D eigenvalue weighted by Gasteiger charge is 2.30. The number of hydrogen-bond acceptors (Lipinski definition) is 5. The van der Waals surface area contributed by atoms with Gasteiger partial charge in [0.15, 0.2) is 0 Å².